The van der Waals surface area contributed by atoms with E-state index in [1.165, 1.54) is 0 Å². The van der Waals surface area contributed by atoms with Crippen LogP contribution in [-0.2, 0) is 0 Å². The Balaban J connectivity index is 3.04. The lowest BCUT2D eigenvalue weighted by Crippen LogP contribution is -2.16. The van der Waals surface area contributed by atoms with E-state index in [9.17, 15) is 0 Å². The summed E-state index contributed by atoms with van der Waals surface area (Å²) >= 11 is 3.24. The van der Waals surface area contributed by atoms with Crippen molar-refractivity contribution in [3.63, 3.8) is 0 Å². The summed E-state index contributed by atoms with van der Waals surface area (Å²) in [6, 6.07) is 1.29. The Bertz CT molecular complexity index is 279. The highest BCUT2D eigenvalue weighted by molar-refractivity contribution is 9.10. The minimum Gasteiger partial charge on any atom is -0.394 e. The molecule has 0 aromatic carbocycles. The topological polar surface area (TPSA) is 85.2 Å². The van der Waals surface area contributed by atoms with E-state index in [0.717, 1.165) is 4.47 Å². The molecule has 0 bridgehead atoms. The second kappa shape index (κ2) is 3.84. The van der Waals surface area contributed by atoms with Crippen molar-refractivity contribution < 1.29 is 5.11 Å². The number of halogens is 1. The molecule has 0 fully saturated rings. The highest BCUT2D eigenvalue weighted by atomic mass is 79.9. The van der Waals surface area contributed by atoms with E-state index in [1.54, 1.807) is 12.3 Å². The molecule has 5 heteroatoms. The Labute approximate surface area is 78.7 Å². The van der Waals surface area contributed by atoms with Gasteiger partial charge >= 0.3 is 0 Å². The Morgan fingerprint density at radius 1 is 1.67 bits per heavy atom. The van der Waals surface area contributed by atoms with E-state index in [0.29, 0.717) is 11.4 Å². The maximum atomic E-state index is 8.78. The molecule has 0 aliphatic heterocycles. The number of nitrogen functional groups attached to an aromatic ring is 1. The molecule has 0 aliphatic carbocycles. The molecule has 0 unspecified atom stereocenters. The third-order valence-electron chi connectivity index (χ3n) is 1.51. The summed E-state index contributed by atoms with van der Waals surface area (Å²) in [5, 5.41) is 8.78. The summed E-state index contributed by atoms with van der Waals surface area (Å²) in [5.74, 6) is 0.361. The predicted molar refractivity (Wildman–Crippen MR) is 50.4 cm³/mol. The van der Waals surface area contributed by atoms with Gasteiger partial charge in [-0.05, 0) is 22.0 Å². The molecule has 0 saturated carbocycles. The number of anilines is 1. The van der Waals surface area contributed by atoms with Crippen molar-refractivity contribution in [2.75, 3.05) is 12.3 Å². The summed E-state index contributed by atoms with van der Waals surface area (Å²) in [4.78, 5) is 3.89. The average Bonchev–Trinajstić information content (AvgIpc) is 2.08. The molecule has 66 valence electrons. The maximum Gasteiger partial charge on any atom is 0.128 e. The van der Waals surface area contributed by atoms with Crippen LogP contribution in [0, 0.1) is 0 Å². The maximum absolute atomic E-state index is 8.78. The van der Waals surface area contributed by atoms with E-state index >= 15 is 0 Å². The number of nitrogens with zero attached hydrogens (tertiary/aromatic N) is 1. The van der Waals surface area contributed by atoms with E-state index in [4.69, 9.17) is 16.6 Å². The lowest BCUT2D eigenvalue weighted by atomic mass is 10.1. The molecular weight excluding hydrogens is 222 g/mol. The van der Waals surface area contributed by atoms with Crippen molar-refractivity contribution in [3.8, 4) is 0 Å². The minimum absolute atomic E-state index is 0.137. The second-order valence-electron chi connectivity index (χ2n) is 2.42. The van der Waals surface area contributed by atoms with Crippen LogP contribution in [0.5, 0.6) is 0 Å². The number of hydrogen-bond acceptors (Lipinski definition) is 4. The van der Waals surface area contributed by atoms with Crippen molar-refractivity contribution in [2.45, 2.75) is 6.04 Å². The molecule has 1 aromatic rings. The number of aromatic nitrogens is 1. The zero-order valence-electron chi connectivity index (χ0n) is 6.37. The van der Waals surface area contributed by atoms with Crippen LogP contribution in [0.1, 0.15) is 11.6 Å². The first-order chi connectivity index (χ1) is 5.65. The second-order valence-corrected chi connectivity index (χ2v) is 3.33. The molecule has 0 aliphatic rings. The smallest absolute Gasteiger partial charge is 0.128 e. The van der Waals surface area contributed by atoms with Gasteiger partial charge in [0.05, 0.1) is 12.6 Å². The number of nitrogens with two attached hydrogens (primary N) is 2. The summed E-state index contributed by atoms with van der Waals surface area (Å²) in [6.45, 7) is -0.137. The summed E-state index contributed by atoms with van der Waals surface area (Å²) in [6.07, 6.45) is 1.59. The largest absolute Gasteiger partial charge is 0.394 e. The SMILES string of the molecule is Nc1ncc(Br)cc1[C@@H](N)CO. The third kappa shape index (κ3) is 1.94. The van der Waals surface area contributed by atoms with Gasteiger partial charge in [-0.2, -0.15) is 0 Å². The Morgan fingerprint density at radius 2 is 2.33 bits per heavy atom. The van der Waals surface area contributed by atoms with Gasteiger partial charge in [-0.1, -0.05) is 0 Å². The zero-order valence-corrected chi connectivity index (χ0v) is 7.95. The number of pyridine rings is 1. The van der Waals surface area contributed by atoms with Crippen molar-refractivity contribution in [1.82, 2.24) is 4.98 Å². The number of hydrogen-bond donors (Lipinski definition) is 3. The lowest BCUT2D eigenvalue weighted by molar-refractivity contribution is 0.268. The molecule has 1 heterocycles. The fraction of sp³-hybridized carbons (Fsp3) is 0.286. The van der Waals surface area contributed by atoms with Crippen molar-refractivity contribution >= 4 is 21.7 Å². The van der Waals surface area contributed by atoms with Gasteiger partial charge in [0.25, 0.3) is 0 Å². The molecule has 1 aromatic heterocycles. The lowest BCUT2D eigenvalue weighted by Gasteiger charge is -2.10. The molecule has 5 N–H and O–H groups in total. The van der Waals surface area contributed by atoms with E-state index in [2.05, 4.69) is 20.9 Å². The van der Waals surface area contributed by atoms with Crippen molar-refractivity contribution in [3.05, 3.63) is 22.3 Å². The molecule has 1 atom stereocenters. The van der Waals surface area contributed by atoms with Gasteiger partial charge in [0.2, 0.25) is 0 Å². The number of rotatable bonds is 2. The number of aliphatic hydroxyl groups excluding tert-OH is 1. The summed E-state index contributed by atoms with van der Waals surface area (Å²) in [7, 11) is 0. The summed E-state index contributed by atoms with van der Waals surface area (Å²) < 4.78 is 0.801. The molecule has 0 amide bonds. The first-order valence-electron chi connectivity index (χ1n) is 3.42. The van der Waals surface area contributed by atoms with Crippen LogP contribution < -0.4 is 11.5 Å². The minimum atomic E-state index is -0.463. The first-order valence-corrected chi connectivity index (χ1v) is 4.21. The van der Waals surface area contributed by atoms with Crippen LogP contribution in [0.4, 0.5) is 5.82 Å². The third-order valence-corrected chi connectivity index (χ3v) is 1.95. The van der Waals surface area contributed by atoms with E-state index in [1.807, 2.05) is 0 Å². The van der Waals surface area contributed by atoms with E-state index < -0.39 is 6.04 Å². The Morgan fingerprint density at radius 3 is 2.92 bits per heavy atom. The van der Waals surface area contributed by atoms with Gasteiger partial charge < -0.3 is 16.6 Å². The molecule has 12 heavy (non-hydrogen) atoms. The predicted octanol–water partition coefficient (Wildman–Crippen LogP) is 0.418. The van der Waals surface area contributed by atoms with Crippen molar-refractivity contribution in [1.29, 1.82) is 0 Å². The van der Waals surface area contributed by atoms with Crippen molar-refractivity contribution in [2.24, 2.45) is 5.73 Å². The quantitative estimate of drug-likeness (QED) is 0.689. The van der Waals surface area contributed by atoms with Gasteiger partial charge in [-0.3, -0.25) is 0 Å². The highest BCUT2D eigenvalue weighted by Gasteiger charge is 2.09. The van der Waals surface area contributed by atoms with Crippen LogP contribution in [0.15, 0.2) is 16.7 Å². The standard InChI is InChI=1S/C7H10BrN3O/c8-4-1-5(6(9)3-12)7(10)11-2-4/h1-2,6,12H,3,9H2,(H2,10,11)/t6-/m0/s1. The van der Waals surface area contributed by atoms with Gasteiger partial charge in [-0.15, -0.1) is 0 Å². The average molecular weight is 232 g/mol. The molecule has 4 nitrogen and oxygen atoms in total. The normalized spacial score (nSPS) is 12.9. The Kier molecular flexibility index (Phi) is 3.02. The Hall–Kier alpha value is -0.650. The molecule has 1 rings (SSSR count). The van der Waals surface area contributed by atoms with Crippen LogP contribution in [0.2, 0.25) is 0 Å². The first kappa shape index (κ1) is 9.44. The van der Waals surface area contributed by atoms with Gasteiger partial charge in [0.1, 0.15) is 5.82 Å². The van der Waals surface area contributed by atoms with Gasteiger partial charge in [0.15, 0.2) is 0 Å². The van der Waals surface area contributed by atoms with Crippen LogP contribution in [0.25, 0.3) is 0 Å². The van der Waals surface area contributed by atoms with Crippen LogP contribution in [-0.4, -0.2) is 16.7 Å². The monoisotopic (exact) mass is 231 g/mol. The van der Waals surface area contributed by atoms with Gasteiger partial charge in [0, 0.05) is 16.2 Å². The van der Waals surface area contributed by atoms with Crippen LogP contribution in [0.3, 0.4) is 0 Å². The van der Waals surface area contributed by atoms with Gasteiger partial charge in [-0.25, -0.2) is 4.98 Å². The molecule has 0 spiro atoms. The molecular formula is C7H10BrN3O. The van der Waals surface area contributed by atoms with Crippen LogP contribution >= 0.6 is 15.9 Å². The highest BCUT2D eigenvalue weighted by Crippen LogP contribution is 2.20. The molecule has 0 radical (unpaired) electrons. The fourth-order valence-corrected chi connectivity index (χ4v) is 1.21. The zero-order chi connectivity index (χ0) is 9.14. The summed E-state index contributed by atoms with van der Waals surface area (Å²) in [5.41, 5.74) is 11.8. The number of aliphatic hydroxyl groups is 1. The fourth-order valence-electron chi connectivity index (χ4n) is 0.861. The molecule has 0 saturated heterocycles. The van der Waals surface area contributed by atoms with E-state index in [-0.39, 0.29) is 6.61 Å².